The molecule has 0 unspecified atom stereocenters. The second-order valence-electron chi connectivity index (χ2n) is 7.01. The minimum atomic E-state index is 0.115. The Morgan fingerprint density at radius 2 is 1.75 bits per heavy atom. The molecule has 1 heterocycles. The lowest BCUT2D eigenvalue weighted by molar-refractivity contribution is 0.410. The highest BCUT2D eigenvalue weighted by molar-refractivity contribution is 5.95. The fraction of sp³-hybridized carbons (Fsp3) is 0.381. The number of hydrogen-bond acceptors (Lipinski definition) is 1. The topological polar surface area (TPSA) is 26.9 Å². The fourth-order valence-electron chi connectivity index (χ4n) is 3.55. The van der Waals surface area contributed by atoms with Crippen LogP contribution in [0.4, 0.5) is 0 Å². The van der Waals surface area contributed by atoms with Gasteiger partial charge in [0.2, 0.25) is 0 Å². The van der Waals surface area contributed by atoms with Crippen LogP contribution in [0.5, 0.6) is 0 Å². The second-order valence-corrected chi connectivity index (χ2v) is 7.01. The van der Waals surface area contributed by atoms with Gasteiger partial charge < -0.3 is 0 Å². The van der Waals surface area contributed by atoms with Crippen LogP contribution in [0, 0.1) is 19.8 Å². The molecule has 0 spiro atoms. The maximum absolute atomic E-state index is 13.1. The van der Waals surface area contributed by atoms with E-state index in [4.69, 9.17) is 0 Å². The number of aryl methyl sites for hydroxylation is 2. The van der Waals surface area contributed by atoms with E-state index in [1.807, 2.05) is 11.6 Å². The summed E-state index contributed by atoms with van der Waals surface area (Å²) >= 11 is 0. The van der Waals surface area contributed by atoms with E-state index >= 15 is 0 Å². The quantitative estimate of drug-likeness (QED) is 0.680. The SMILES string of the molecule is CCn1c(=O)c2c(-c3ccc(C)cc3C)cccc2n1CC(C)C. The van der Waals surface area contributed by atoms with Crippen molar-refractivity contribution in [2.24, 2.45) is 5.92 Å². The van der Waals surface area contributed by atoms with Crippen LogP contribution in [0.1, 0.15) is 31.9 Å². The van der Waals surface area contributed by atoms with Crippen molar-refractivity contribution in [1.29, 1.82) is 0 Å². The first-order chi connectivity index (χ1) is 11.4. The molecule has 126 valence electrons. The van der Waals surface area contributed by atoms with E-state index in [2.05, 4.69) is 68.8 Å². The van der Waals surface area contributed by atoms with Crippen molar-refractivity contribution in [2.75, 3.05) is 0 Å². The predicted octanol–water partition coefficient (Wildman–Crippen LogP) is 4.76. The maximum Gasteiger partial charge on any atom is 0.275 e. The van der Waals surface area contributed by atoms with Crippen molar-refractivity contribution in [2.45, 2.75) is 47.7 Å². The third kappa shape index (κ3) is 2.68. The maximum atomic E-state index is 13.1. The first kappa shape index (κ1) is 16.6. The van der Waals surface area contributed by atoms with Gasteiger partial charge in [0.1, 0.15) is 0 Å². The van der Waals surface area contributed by atoms with E-state index in [1.165, 1.54) is 11.1 Å². The predicted molar refractivity (Wildman–Crippen MR) is 102 cm³/mol. The van der Waals surface area contributed by atoms with Crippen LogP contribution in [0.3, 0.4) is 0 Å². The van der Waals surface area contributed by atoms with Crippen LogP contribution in [-0.4, -0.2) is 9.36 Å². The molecule has 24 heavy (non-hydrogen) atoms. The minimum Gasteiger partial charge on any atom is -0.282 e. The fourth-order valence-corrected chi connectivity index (χ4v) is 3.55. The third-order valence-electron chi connectivity index (χ3n) is 4.57. The Balaban J connectivity index is 2.35. The van der Waals surface area contributed by atoms with Gasteiger partial charge in [-0.05, 0) is 49.4 Å². The lowest BCUT2D eigenvalue weighted by Gasteiger charge is -2.13. The highest BCUT2D eigenvalue weighted by Gasteiger charge is 2.17. The van der Waals surface area contributed by atoms with Crippen molar-refractivity contribution < 1.29 is 0 Å². The molecule has 0 radical (unpaired) electrons. The number of rotatable bonds is 4. The van der Waals surface area contributed by atoms with E-state index in [0.717, 1.165) is 28.6 Å². The van der Waals surface area contributed by atoms with E-state index in [-0.39, 0.29) is 5.56 Å². The summed E-state index contributed by atoms with van der Waals surface area (Å²) in [6.07, 6.45) is 0. The molecule has 0 aliphatic carbocycles. The van der Waals surface area contributed by atoms with Crippen molar-refractivity contribution in [1.82, 2.24) is 9.36 Å². The third-order valence-corrected chi connectivity index (χ3v) is 4.57. The highest BCUT2D eigenvalue weighted by Crippen LogP contribution is 2.30. The van der Waals surface area contributed by atoms with Gasteiger partial charge in [-0.2, -0.15) is 0 Å². The molecule has 0 amide bonds. The molecule has 1 aromatic heterocycles. The summed E-state index contributed by atoms with van der Waals surface area (Å²) in [7, 11) is 0. The van der Waals surface area contributed by atoms with Crippen LogP contribution >= 0.6 is 0 Å². The zero-order valence-electron chi connectivity index (χ0n) is 15.3. The van der Waals surface area contributed by atoms with Gasteiger partial charge in [-0.1, -0.05) is 49.7 Å². The van der Waals surface area contributed by atoms with Crippen LogP contribution < -0.4 is 5.56 Å². The van der Waals surface area contributed by atoms with Crippen LogP contribution in [0.15, 0.2) is 41.2 Å². The smallest absolute Gasteiger partial charge is 0.275 e. The molecule has 3 rings (SSSR count). The average Bonchev–Trinajstić information content (AvgIpc) is 2.79. The number of aromatic nitrogens is 2. The zero-order chi connectivity index (χ0) is 17.4. The molecule has 0 fully saturated rings. The van der Waals surface area contributed by atoms with Crippen LogP contribution in [-0.2, 0) is 13.1 Å². The Hall–Kier alpha value is -2.29. The van der Waals surface area contributed by atoms with E-state index < -0.39 is 0 Å². The van der Waals surface area contributed by atoms with Gasteiger partial charge in [-0.3, -0.25) is 9.48 Å². The summed E-state index contributed by atoms with van der Waals surface area (Å²) in [5.41, 5.74) is 5.79. The molecule has 0 aliphatic heterocycles. The van der Waals surface area contributed by atoms with Gasteiger partial charge >= 0.3 is 0 Å². The molecule has 3 nitrogen and oxygen atoms in total. The minimum absolute atomic E-state index is 0.115. The van der Waals surface area contributed by atoms with Gasteiger partial charge in [0.25, 0.3) is 5.56 Å². The van der Waals surface area contributed by atoms with Gasteiger partial charge in [-0.15, -0.1) is 0 Å². The van der Waals surface area contributed by atoms with E-state index in [0.29, 0.717) is 12.5 Å². The molecule has 0 N–H and O–H groups in total. The molecule has 0 saturated heterocycles. The molecule has 2 aromatic carbocycles. The van der Waals surface area contributed by atoms with Crippen LogP contribution in [0.25, 0.3) is 22.0 Å². The number of hydrogen-bond donors (Lipinski definition) is 0. The Bertz CT molecular complexity index is 944. The van der Waals surface area contributed by atoms with Crippen LogP contribution in [0.2, 0.25) is 0 Å². The molecule has 0 bridgehead atoms. The summed E-state index contributed by atoms with van der Waals surface area (Å²) in [6, 6.07) is 12.6. The average molecular weight is 322 g/mol. The number of benzene rings is 2. The Kier molecular flexibility index (Phi) is 4.35. The molecule has 3 aromatic rings. The molecule has 0 atom stereocenters. The van der Waals surface area contributed by atoms with Crippen molar-refractivity contribution in [3.05, 3.63) is 57.9 Å². The van der Waals surface area contributed by atoms with Gasteiger partial charge in [0.15, 0.2) is 0 Å². The normalized spacial score (nSPS) is 11.6. The second kappa shape index (κ2) is 6.31. The Labute approximate surface area is 143 Å². The summed E-state index contributed by atoms with van der Waals surface area (Å²) in [4.78, 5) is 13.1. The van der Waals surface area contributed by atoms with Gasteiger partial charge in [-0.25, -0.2) is 4.68 Å². The summed E-state index contributed by atoms with van der Waals surface area (Å²) in [5.74, 6) is 0.488. The lowest BCUT2D eigenvalue weighted by atomic mass is 9.96. The Morgan fingerprint density at radius 1 is 1.00 bits per heavy atom. The summed E-state index contributed by atoms with van der Waals surface area (Å²) in [5, 5.41) is 0.840. The summed E-state index contributed by atoms with van der Waals surface area (Å²) in [6.45, 7) is 12.2. The van der Waals surface area contributed by atoms with Crippen molar-refractivity contribution >= 4 is 10.9 Å². The van der Waals surface area contributed by atoms with Gasteiger partial charge in [0.05, 0.1) is 10.9 Å². The number of fused-ring (bicyclic) bond motifs is 1. The van der Waals surface area contributed by atoms with Gasteiger partial charge in [0, 0.05) is 13.1 Å². The first-order valence-electron chi connectivity index (χ1n) is 8.74. The molecular formula is C21H26N2O. The van der Waals surface area contributed by atoms with Crippen molar-refractivity contribution in [3.8, 4) is 11.1 Å². The number of nitrogens with zero attached hydrogens (tertiary/aromatic N) is 2. The summed E-state index contributed by atoms with van der Waals surface area (Å²) < 4.78 is 4.02. The lowest BCUT2D eigenvalue weighted by Crippen LogP contribution is -2.23. The molecular weight excluding hydrogens is 296 g/mol. The monoisotopic (exact) mass is 322 g/mol. The van der Waals surface area contributed by atoms with E-state index in [9.17, 15) is 4.79 Å². The standard InChI is InChI=1S/C21H26N2O/c1-6-22-21(24)20-18(17-11-10-15(4)12-16(17)5)8-7-9-19(20)23(22)13-14(2)3/h7-12,14H,6,13H2,1-5H3. The first-order valence-corrected chi connectivity index (χ1v) is 8.74. The highest BCUT2D eigenvalue weighted by atomic mass is 16.1. The van der Waals surface area contributed by atoms with E-state index in [1.54, 1.807) is 0 Å². The molecule has 0 saturated carbocycles. The molecule has 0 aliphatic rings. The molecule has 3 heteroatoms. The largest absolute Gasteiger partial charge is 0.282 e. The Morgan fingerprint density at radius 3 is 2.38 bits per heavy atom. The van der Waals surface area contributed by atoms with Crippen molar-refractivity contribution in [3.63, 3.8) is 0 Å². The zero-order valence-corrected chi connectivity index (χ0v) is 15.3.